The van der Waals surface area contributed by atoms with E-state index in [9.17, 15) is 4.79 Å². The highest BCUT2D eigenvalue weighted by Gasteiger charge is 2.10. The number of ether oxygens (including phenoxy) is 2. The molecule has 2 aromatic carbocycles. The summed E-state index contributed by atoms with van der Waals surface area (Å²) in [5.74, 6) is 3.56. The number of para-hydroxylation sites is 1. The van der Waals surface area contributed by atoms with Crippen LogP contribution >= 0.6 is 0 Å². The number of carbonyl (C=O) groups is 1. The monoisotopic (exact) mass is 306 g/mol. The molecule has 1 atom stereocenters. The third kappa shape index (κ3) is 5.05. The first-order valence-corrected chi connectivity index (χ1v) is 7.23. The topological polar surface area (TPSA) is 35.5 Å². The van der Waals surface area contributed by atoms with Crippen LogP contribution in [0.5, 0.6) is 11.5 Å². The number of rotatable bonds is 5. The largest absolute Gasteiger partial charge is 0.457 e. The van der Waals surface area contributed by atoms with E-state index >= 15 is 0 Å². The second-order valence-corrected chi connectivity index (χ2v) is 5.03. The molecule has 0 spiro atoms. The van der Waals surface area contributed by atoms with Crippen LogP contribution in [0.25, 0.3) is 6.08 Å². The van der Waals surface area contributed by atoms with Gasteiger partial charge in [-0.15, -0.1) is 6.42 Å². The fourth-order valence-corrected chi connectivity index (χ4v) is 2.06. The van der Waals surface area contributed by atoms with Gasteiger partial charge < -0.3 is 9.47 Å². The van der Waals surface area contributed by atoms with Crippen LogP contribution in [0.4, 0.5) is 0 Å². The maximum atomic E-state index is 11.1. The standard InChI is InChI=1S/C20H18O3/c1-4-20(22-16(3)21)15(2)13-17-9-8-12-19(14-17)23-18-10-6-5-7-11-18/h1,5-14,20H,2-3H3/b15-13+/t20-/m0/s1. The van der Waals surface area contributed by atoms with Crippen LogP contribution in [-0.4, -0.2) is 12.1 Å². The molecule has 0 aliphatic heterocycles. The van der Waals surface area contributed by atoms with Crippen LogP contribution in [0.3, 0.4) is 0 Å². The highest BCUT2D eigenvalue weighted by atomic mass is 16.5. The van der Waals surface area contributed by atoms with E-state index in [1.54, 1.807) is 0 Å². The minimum Gasteiger partial charge on any atom is -0.457 e. The van der Waals surface area contributed by atoms with E-state index in [2.05, 4.69) is 5.92 Å². The molecule has 0 N–H and O–H groups in total. The highest BCUT2D eigenvalue weighted by Crippen LogP contribution is 2.23. The first-order chi connectivity index (χ1) is 11.1. The van der Waals surface area contributed by atoms with Crippen molar-refractivity contribution >= 4 is 12.0 Å². The quantitative estimate of drug-likeness (QED) is 0.605. The van der Waals surface area contributed by atoms with Crippen molar-refractivity contribution in [2.75, 3.05) is 0 Å². The zero-order chi connectivity index (χ0) is 16.7. The van der Waals surface area contributed by atoms with Gasteiger partial charge in [0.05, 0.1) is 0 Å². The Bertz CT molecular complexity index is 739. The van der Waals surface area contributed by atoms with Gasteiger partial charge in [0.2, 0.25) is 0 Å². The Kier molecular flexibility index (Phi) is 5.60. The summed E-state index contributed by atoms with van der Waals surface area (Å²) in [4.78, 5) is 11.1. The molecule has 0 unspecified atom stereocenters. The van der Waals surface area contributed by atoms with Crippen molar-refractivity contribution in [3.8, 4) is 23.8 Å². The van der Waals surface area contributed by atoms with Crippen molar-refractivity contribution in [2.24, 2.45) is 0 Å². The number of hydrogen-bond donors (Lipinski definition) is 0. The first kappa shape index (κ1) is 16.4. The Morgan fingerprint density at radius 2 is 1.78 bits per heavy atom. The van der Waals surface area contributed by atoms with Crippen LogP contribution in [0, 0.1) is 12.3 Å². The molecule has 23 heavy (non-hydrogen) atoms. The third-order valence-electron chi connectivity index (χ3n) is 3.08. The molecule has 0 aromatic heterocycles. The van der Waals surface area contributed by atoms with E-state index in [-0.39, 0.29) is 0 Å². The molecular weight excluding hydrogens is 288 g/mol. The minimum atomic E-state index is -0.661. The van der Waals surface area contributed by atoms with Crippen LogP contribution < -0.4 is 4.74 Å². The second kappa shape index (κ2) is 7.86. The van der Waals surface area contributed by atoms with Gasteiger partial charge in [-0.2, -0.15) is 0 Å². The van der Waals surface area contributed by atoms with E-state index in [0.29, 0.717) is 0 Å². The molecule has 116 valence electrons. The molecule has 0 saturated heterocycles. The van der Waals surface area contributed by atoms with Gasteiger partial charge in [0.15, 0.2) is 6.10 Å². The maximum absolute atomic E-state index is 11.1. The van der Waals surface area contributed by atoms with Crippen LogP contribution in [0.15, 0.2) is 60.2 Å². The molecule has 0 amide bonds. The smallest absolute Gasteiger partial charge is 0.304 e. The molecule has 2 rings (SSSR count). The predicted octanol–water partition coefficient (Wildman–Crippen LogP) is 4.45. The fraction of sp³-hybridized carbons (Fsp3) is 0.150. The van der Waals surface area contributed by atoms with Crippen molar-refractivity contribution in [3.63, 3.8) is 0 Å². The van der Waals surface area contributed by atoms with Crippen LogP contribution in [0.1, 0.15) is 19.4 Å². The van der Waals surface area contributed by atoms with Crippen molar-refractivity contribution in [2.45, 2.75) is 20.0 Å². The number of esters is 1. The highest BCUT2D eigenvalue weighted by molar-refractivity contribution is 5.67. The summed E-state index contributed by atoms with van der Waals surface area (Å²) in [7, 11) is 0. The molecule has 0 heterocycles. The number of benzene rings is 2. The van der Waals surface area contributed by atoms with Gasteiger partial charge in [0.1, 0.15) is 11.5 Å². The molecule has 0 aliphatic carbocycles. The lowest BCUT2D eigenvalue weighted by atomic mass is 10.1. The normalized spacial score (nSPS) is 12.1. The number of hydrogen-bond acceptors (Lipinski definition) is 3. The number of carbonyl (C=O) groups excluding carboxylic acids is 1. The van der Waals surface area contributed by atoms with E-state index < -0.39 is 12.1 Å². The molecule has 0 fully saturated rings. The lowest BCUT2D eigenvalue weighted by Crippen LogP contribution is -2.15. The second-order valence-electron chi connectivity index (χ2n) is 5.03. The number of terminal acetylenes is 1. The summed E-state index contributed by atoms with van der Waals surface area (Å²) >= 11 is 0. The molecule has 3 nitrogen and oxygen atoms in total. The summed E-state index contributed by atoms with van der Waals surface area (Å²) in [6, 6.07) is 17.2. The maximum Gasteiger partial charge on any atom is 0.304 e. The Balaban J connectivity index is 2.17. The fourth-order valence-electron chi connectivity index (χ4n) is 2.06. The minimum absolute atomic E-state index is 0.401. The Morgan fingerprint density at radius 1 is 1.09 bits per heavy atom. The van der Waals surface area contributed by atoms with Crippen molar-refractivity contribution < 1.29 is 14.3 Å². The lowest BCUT2D eigenvalue weighted by Gasteiger charge is -2.12. The van der Waals surface area contributed by atoms with Gasteiger partial charge in [0, 0.05) is 6.92 Å². The van der Waals surface area contributed by atoms with E-state index in [0.717, 1.165) is 22.6 Å². The average Bonchev–Trinajstić information content (AvgIpc) is 2.53. The molecule has 0 bridgehead atoms. The van der Waals surface area contributed by atoms with Gasteiger partial charge in [-0.3, -0.25) is 4.79 Å². The summed E-state index contributed by atoms with van der Waals surface area (Å²) in [6.45, 7) is 3.17. The molecule has 3 heteroatoms. The van der Waals surface area contributed by atoms with Crippen LogP contribution in [0.2, 0.25) is 0 Å². The Hall–Kier alpha value is -2.99. The van der Waals surface area contributed by atoms with Gasteiger partial charge >= 0.3 is 5.97 Å². The van der Waals surface area contributed by atoms with Crippen molar-refractivity contribution in [1.29, 1.82) is 0 Å². The van der Waals surface area contributed by atoms with Gasteiger partial charge in [0.25, 0.3) is 0 Å². The SMILES string of the molecule is C#C[C@H](OC(C)=O)/C(C)=C/c1cccc(Oc2ccccc2)c1. The molecule has 0 saturated carbocycles. The summed E-state index contributed by atoms with van der Waals surface area (Å²) in [5.41, 5.74) is 1.70. The Labute approximate surface area is 136 Å². The first-order valence-electron chi connectivity index (χ1n) is 7.23. The van der Waals surface area contributed by atoms with Crippen LogP contribution in [-0.2, 0) is 9.53 Å². The molecule has 0 radical (unpaired) electrons. The predicted molar refractivity (Wildman–Crippen MR) is 91.0 cm³/mol. The summed E-state index contributed by atoms with van der Waals surface area (Å²) in [5, 5.41) is 0. The van der Waals surface area contributed by atoms with E-state index in [1.807, 2.05) is 67.6 Å². The van der Waals surface area contributed by atoms with E-state index in [4.69, 9.17) is 15.9 Å². The summed E-state index contributed by atoms with van der Waals surface area (Å²) in [6.07, 6.45) is 6.63. The zero-order valence-electron chi connectivity index (χ0n) is 13.2. The molecule has 0 aliphatic rings. The zero-order valence-corrected chi connectivity index (χ0v) is 13.2. The average molecular weight is 306 g/mol. The van der Waals surface area contributed by atoms with E-state index in [1.165, 1.54) is 6.92 Å². The van der Waals surface area contributed by atoms with Crippen molar-refractivity contribution in [3.05, 3.63) is 65.7 Å². The Morgan fingerprint density at radius 3 is 2.43 bits per heavy atom. The summed E-state index contributed by atoms with van der Waals surface area (Å²) < 4.78 is 10.9. The van der Waals surface area contributed by atoms with Gasteiger partial charge in [-0.05, 0) is 42.3 Å². The third-order valence-corrected chi connectivity index (χ3v) is 3.08. The van der Waals surface area contributed by atoms with Gasteiger partial charge in [-0.1, -0.05) is 42.3 Å². The lowest BCUT2D eigenvalue weighted by molar-refractivity contribution is -0.142. The van der Waals surface area contributed by atoms with Crippen molar-refractivity contribution in [1.82, 2.24) is 0 Å². The van der Waals surface area contributed by atoms with Gasteiger partial charge in [-0.25, -0.2) is 0 Å². The molecule has 2 aromatic rings. The molecular formula is C20H18O3.